The van der Waals surface area contributed by atoms with Gasteiger partial charge in [0.25, 0.3) is 0 Å². The molecule has 3 nitrogen and oxygen atoms in total. The van der Waals surface area contributed by atoms with E-state index in [4.69, 9.17) is 0 Å². The molecule has 0 spiro atoms. The van der Waals surface area contributed by atoms with Crippen molar-refractivity contribution in [2.45, 2.75) is 58.8 Å². The van der Waals surface area contributed by atoms with Gasteiger partial charge in [-0.3, -0.25) is 4.79 Å². The molecule has 1 N–H and O–H groups in total. The van der Waals surface area contributed by atoms with Gasteiger partial charge in [0.05, 0.1) is 17.1 Å². The van der Waals surface area contributed by atoms with E-state index in [1.165, 1.54) is 12.8 Å². The molecule has 0 radical (unpaired) electrons. The summed E-state index contributed by atoms with van der Waals surface area (Å²) in [6.45, 7) is 9.48. The number of hydrogen-bond acceptors (Lipinski definition) is 3. The molecule has 1 fully saturated rings. The summed E-state index contributed by atoms with van der Waals surface area (Å²) in [6, 6.07) is 0. The Morgan fingerprint density at radius 1 is 1.47 bits per heavy atom. The molecule has 106 valence electrons. The summed E-state index contributed by atoms with van der Waals surface area (Å²) in [5, 5.41) is 6.16. The largest absolute Gasteiger partial charge is 0.355 e. The number of carbonyl (C=O) groups is 1. The fraction of sp³-hybridized carbons (Fsp3) is 0.733. The van der Waals surface area contributed by atoms with Gasteiger partial charge >= 0.3 is 0 Å². The van der Waals surface area contributed by atoms with Crippen LogP contribution in [-0.4, -0.2) is 17.4 Å². The van der Waals surface area contributed by atoms with E-state index in [1.54, 1.807) is 11.3 Å². The van der Waals surface area contributed by atoms with Crippen molar-refractivity contribution in [3.8, 4) is 0 Å². The Morgan fingerprint density at radius 3 is 2.63 bits per heavy atom. The Bertz CT molecular complexity index is 455. The van der Waals surface area contributed by atoms with E-state index in [0.717, 1.165) is 23.7 Å². The normalized spacial score (nSPS) is 17.3. The first-order valence-corrected chi connectivity index (χ1v) is 7.94. The molecule has 1 saturated carbocycles. The maximum absolute atomic E-state index is 11.9. The Balaban J connectivity index is 1.84. The second kappa shape index (κ2) is 5.23. The van der Waals surface area contributed by atoms with Gasteiger partial charge in [-0.15, -0.1) is 11.3 Å². The van der Waals surface area contributed by atoms with Crippen LogP contribution in [0.2, 0.25) is 0 Å². The van der Waals surface area contributed by atoms with Crippen molar-refractivity contribution in [1.29, 1.82) is 0 Å². The first-order chi connectivity index (χ1) is 8.85. The molecular weight excluding hydrogens is 256 g/mol. The third-order valence-electron chi connectivity index (χ3n) is 3.90. The van der Waals surface area contributed by atoms with Gasteiger partial charge in [-0.25, -0.2) is 4.98 Å². The topological polar surface area (TPSA) is 42.0 Å². The third-order valence-corrected chi connectivity index (χ3v) is 5.22. The van der Waals surface area contributed by atoms with Gasteiger partial charge in [-0.1, -0.05) is 27.7 Å². The van der Waals surface area contributed by atoms with Crippen LogP contribution in [0, 0.1) is 5.41 Å². The van der Waals surface area contributed by atoms with Crippen LogP contribution in [0.15, 0.2) is 5.38 Å². The lowest BCUT2D eigenvalue weighted by Gasteiger charge is -2.14. The summed E-state index contributed by atoms with van der Waals surface area (Å²) in [5.74, 6) is 0.102. The molecule has 0 aromatic carbocycles. The number of nitrogens with one attached hydrogen (secondary N) is 1. The second-order valence-corrected chi connectivity index (χ2v) is 7.56. The summed E-state index contributed by atoms with van der Waals surface area (Å²) < 4.78 is 0. The predicted molar refractivity (Wildman–Crippen MR) is 79.5 cm³/mol. The Kier molecular flexibility index (Phi) is 4.00. The summed E-state index contributed by atoms with van der Waals surface area (Å²) >= 11 is 1.65. The highest BCUT2D eigenvalue weighted by molar-refractivity contribution is 7.09. The summed E-state index contributed by atoms with van der Waals surface area (Å²) in [5.41, 5.74) is 1.38. The first-order valence-electron chi connectivity index (χ1n) is 7.06. The maximum Gasteiger partial charge on any atom is 0.226 e. The third kappa shape index (κ3) is 3.78. The predicted octanol–water partition coefficient (Wildman–Crippen LogP) is 3.29. The minimum atomic E-state index is 0.0691. The van der Waals surface area contributed by atoms with Crippen molar-refractivity contribution in [1.82, 2.24) is 10.3 Å². The number of aromatic nitrogens is 1. The summed E-state index contributed by atoms with van der Waals surface area (Å²) in [6.07, 6.45) is 4.09. The van der Waals surface area contributed by atoms with E-state index >= 15 is 0 Å². The molecule has 2 rings (SSSR count). The van der Waals surface area contributed by atoms with E-state index in [1.807, 2.05) is 5.38 Å². The molecule has 1 aromatic heterocycles. The van der Waals surface area contributed by atoms with Crippen molar-refractivity contribution >= 4 is 17.2 Å². The van der Waals surface area contributed by atoms with Crippen molar-refractivity contribution < 1.29 is 4.79 Å². The van der Waals surface area contributed by atoms with E-state index in [0.29, 0.717) is 11.8 Å². The average Bonchev–Trinajstić information content (AvgIpc) is 2.96. The number of hydrogen-bond donors (Lipinski definition) is 1. The zero-order chi connectivity index (χ0) is 14.1. The molecule has 4 heteroatoms. The van der Waals surface area contributed by atoms with Gasteiger partial charge in [0.1, 0.15) is 0 Å². The lowest BCUT2D eigenvalue weighted by molar-refractivity contribution is -0.120. The fourth-order valence-corrected chi connectivity index (χ4v) is 2.99. The van der Waals surface area contributed by atoms with E-state index in [-0.39, 0.29) is 11.3 Å². The lowest BCUT2D eigenvalue weighted by atomic mass is 9.98. The van der Waals surface area contributed by atoms with Gasteiger partial charge in [-0.2, -0.15) is 0 Å². The summed E-state index contributed by atoms with van der Waals surface area (Å²) in [4.78, 5) is 16.5. The molecule has 19 heavy (non-hydrogen) atoms. The van der Waals surface area contributed by atoms with Crippen LogP contribution < -0.4 is 5.32 Å². The van der Waals surface area contributed by atoms with Gasteiger partial charge in [0.2, 0.25) is 5.91 Å². The zero-order valence-electron chi connectivity index (χ0n) is 12.4. The summed E-state index contributed by atoms with van der Waals surface area (Å²) in [7, 11) is 0. The van der Waals surface area contributed by atoms with Crippen LogP contribution in [0.1, 0.15) is 57.7 Å². The van der Waals surface area contributed by atoms with Crippen LogP contribution >= 0.6 is 11.3 Å². The standard InChI is InChI=1S/C15H24N2OS/c1-5-15(6-7-15)10-16-12(18)8-11-9-19-13(17-11)14(2,3)4/h9H,5-8,10H2,1-4H3,(H,16,18). The quantitative estimate of drug-likeness (QED) is 0.899. The minimum absolute atomic E-state index is 0.0691. The Hall–Kier alpha value is -0.900. The molecule has 0 bridgehead atoms. The maximum atomic E-state index is 11.9. The van der Waals surface area contributed by atoms with Crippen molar-refractivity contribution in [3.05, 3.63) is 16.1 Å². The van der Waals surface area contributed by atoms with Gasteiger partial charge in [0, 0.05) is 17.3 Å². The van der Waals surface area contributed by atoms with Gasteiger partial charge < -0.3 is 5.32 Å². The van der Waals surface area contributed by atoms with E-state index < -0.39 is 0 Å². The van der Waals surface area contributed by atoms with E-state index in [2.05, 4.69) is 38.0 Å². The van der Waals surface area contributed by atoms with Crippen molar-refractivity contribution in [3.63, 3.8) is 0 Å². The molecule has 0 atom stereocenters. The molecule has 1 aliphatic carbocycles. The lowest BCUT2D eigenvalue weighted by Crippen LogP contribution is -2.31. The SMILES string of the molecule is CCC1(CNC(=O)Cc2csc(C(C)(C)C)n2)CC1. The van der Waals surface area contributed by atoms with Gasteiger partial charge in [-0.05, 0) is 24.7 Å². The van der Waals surface area contributed by atoms with Crippen LogP contribution in [0.5, 0.6) is 0 Å². The Morgan fingerprint density at radius 2 is 2.16 bits per heavy atom. The number of thiazole rings is 1. The highest BCUT2D eigenvalue weighted by Crippen LogP contribution is 2.47. The average molecular weight is 280 g/mol. The van der Waals surface area contributed by atoms with Crippen LogP contribution in [0.3, 0.4) is 0 Å². The van der Waals surface area contributed by atoms with Crippen molar-refractivity contribution in [2.24, 2.45) is 5.41 Å². The smallest absolute Gasteiger partial charge is 0.226 e. The molecule has 0 unspecified atom stereocenters. The number of carbonyl (C=O) groups excluding carboxylic acids is 1. The van der Waals surface area contributed by atoms with Crippen LogP contribution in [-0.2, 0) is 16.6 Å². The first kappa shape index (κ1) is 14.5. The van der Waals surface area contributed by atoms with Crippen molar-refractivity contribution in [2.75, 3.05) is 6.54 Å². The number of rotatable bonds is 5. The highest BCUT2D eigenvalue weighted by Gasteiger charge is 2.40. The molecule has 1 aliphatic rings. The van der Waals surface area contributed by atoms with Crippen LogP contribution in [0.25, 0.3) is 0 Å². The molecular formula is C15H24N2OS. The molecule has 1 amide bonds. The second-order valence-electron chi connectivity index (χ2n) is 6.70. The molecule has 1 heterocycles. The highest BCUT2D eigenvalue weighted by atomic mass is 32.1. The number of nitrogens with zero attached hydrogens (tertiary/aromatic N) is 1. The van der Waals surface area contributed by atoms with E-state index in [9.17, 15) is 4.79 Å². The van der Waals surface area contributed by atoms with Gasteiger partial charge in [0.15, 0.2) is 0 Å². The van der Waals surface area contributed by atoms with Crippen LogP contribution in [0.4, 0.5) is 0 Å². The fourth-order valence-electron chi connectivity index (χ4n) is 2.08. The zero-order valence-corrected chi connectivity index (χ0v) is 13.2. The minimum Gasteiger partial charge on any atom is -0.355 e. The molecule has 0 aliphatic heterocycles. The number of amides is 1. The monoisotopic (exact) mass is 280 g/mol. The molecule has 0 saturated heterocycles. The Labute approximate surface area is 119 Å². The molecule has 1 aromatic rings.